The van der Waals surface area contributed by atoms with E-state index in [1.165, 1.54) is 22.3 Å². The van der Waals surface area contributed by atoms with Crippen molar-refractivity contribution in [3.63, 3.8) is 0 Å². The van der Waals surface area contributed by atoms with Gasteiger partial charge in [0, 0.05) is 30.7 Å². The molecule has 5 aliphatic heterocycles. The third kappa shape index (κ3) is 5.93. The number of ether oxygens (including phenoxy) is 6. The van der Waals surface area contributed by atoms with Gasteiger partial charge in [-0.05, 0) is 110 Å². The lowest BCUT2D eigenvalue weighted by Crippen LogP contribution is -2.34. The summed E-state index contributed by atoms with van der Waals surface area (Å²) in [7, 11) is 7.77. The van der Waals surface area contributed by atoms with Crippen molar-refractivity contribution < 1.29 is 28.4 Å². The Balaban J connectivity index is 0.00000193. The Bertz CT molecular complexity index is 1780. The van der Waals surface area contributed by atoms with Crippen molar-refractivity contribution in [1.82, 2.24) is 9.80 Å². The van der Waals surface area contributed by atoms with Gasteiger partial charge in [-0.25, -0.2) is 0 Å². The summed E-state index contributed by atoms with van der Waals surface area (Å²) >= 11 is 0. The van der Waals surface area contributed by atoms with Crippen LogP contribution in [0.1, 0.15) is 45.5 Å². The molecule has 248 valence electrons. The van der Waals surface area contributed by atoms with Crippen molar-refractivity contribution >= 4 is 24.8 Å². The fourth-order valence-electron chi connectivity index (χ4n) is 7.33. The first kappa shape index (κ1) is 33.1. The molecule has 9 rings (SSSR count). The van der Waals surface area contributed by atoms with Crippen LogP contribution in [0.15, 0.2) is 60.7 Å². The molecule has 4 aromatic carbocycles. The summed E-state index contributed by atoms with van der Waals surface area (Å²) in [5, 5.41) is 0. The molecule has 6 bridgehead atoms. The van der Waals surface area contributed by atoms with E-state index in [9.17, 15) is 0 Å². The first-order valence-electron chi connectivity index (χ1n) is 15.7. The summed E-state index contributed by atoms with van der Waals surface area (Å²) in [6, 6.07) is 21.3. The average Bonchev–Trinajstić information content (AvgIpc) is 3.53. The molecule has 5 heterocycles. The molecule has 0 unspecified atom stereocenters. The molecule has 47 heavy (non-hydrogen) atoms. The molecule has 0 saturated heterocycles. The van der Waals surface area contributed by atoms with Gasteiger partial charge in [0.1, 0.15) is 5.75 Å². The monoisotopic (exact) mass is 678 g/mol. The molecule has 2 atom stereocenters. The zero-order chi connectivity index (χ0) is 30.7. The number of halogens is 2. The molecule has 0 amide bonds. The number of fused-ring (bicyclic) bond motifs is 3. The lowest BCUT2D eigenvalue weighted by molar-refractivity contribution is 0.171. The largest absolute Gasteiger partial charge is 0.493 e. The van der Waals surface area contributed by atoms with E-state index < -0.39 is 0 Å². The average molecular weight is 680 g/mol. The van der Waals surface area contributed by atoms with Gasteiger partial charge in [0.15, 0.2) is 34.5 Å². The van der Waals surface area contributed by atoms with Crippen molar-refractivity contribution in [3.8, 4) is 46.0 Å². The van der Waals surface area contributed by atoms with Crippen LogP contribution in [-0.2, 0) is 25.7 Å². The number of hydrogen-bond acceptors (Lipinski definition) is 8. The summed E-state index contributed by atoms with van der Waals surface area (Å²) in [6.07, 6.45) is 3.43. The summed E-state index contributed by atoms with van der Waals surface area (Å²) in [5.74, 6) is 5.71. The first-order valence-corrected chi connectivity index (χ1v) is 15.7. The number of benzene rings is 4. The standard InChI is InChI=1S/C37H38N2O6.2ClH/c1-38-13-11-24-18-31(41-4)33-20-27(24)28(38)16-23-7-10-30(40-3)32(17-23)44-26-8-5-22(6-9-26)15-29-35-25(12-14-39(29)2)19-34-36(37(35)45-33)43-21-42-34;;/h5-10,17-20,28-29H,11-16,21H2,1-4H3;2*1H/t28-,29+;;/m1../s1. The van der Waals surface area contributed by atoms with Gasteiger partial charge in [0.05, 0.1) is 14.2 Å². The quantitative estimate of drug-likeness (QED) is 0.214. The van der Waals surface area contributed by atoms with Crippen molar-refractivity contribution in [2.75, 3.05) is 48.2 Å². The Kier molecular flexibility index (Phi) is 9.40. The second kappa shape index (κ2) is 13.4. The Labute approximate surface area is 288 Å². The topological polar surface area (TPSA) is 61.9 Å². The van der Waals surface area contributed by atoms with E-state index in [1.54, 1.807) is 14.2 Å². The number of likely N-dealkylation sites (N-methyl/N-ethyl adjacent to an activating group) is 2. The highest BCUT2D eigenvalue weighted by molar-refractivity contribution is 5.85. The minimum Gasteiger partial charge on any atom is -0.493 e. The summed E-state index contributed by atoms with van der Waals surface area (Å²) in [4.78, 5) is 4.83. The fourth-order valence-corrected chi connectivity index (χ4v) is 7.33. The van der Waals surface area contributed by atoms with E-state index >= 15 is 0 Å². The summed E-state index contributed by atoms with van der Waals surface area (Å²) < 4.78 is 37.1. The van der Waals surface area contributed by atoms with Gasteiger partial charge in [-0.3, -0.25) is 9.80 Å². The van der Waals surface area contributed by atoms with E-state index in [4.69, 9.17) is 28.4 Å². The van der Waals surface area contributed by atoms with Crippen LogP contribution in [0.5, 0.6) is 46.0 Å². The van der Waals surface area contributed by atoms with E-state index in [2.05, 4.69) is 66.4 Å². The van der Waals surface area contributed by atoms with Crippen LogP contribution in [0.25, 0.3) is 0 Å². The number of methoxy groups -OCH3 is 2. The molecule has 4 aromatic rings. The van der Waals surface area contributed by atoms with Crippen molar-refractivity contribution in [3.05, 3.63) is 94.0 Å². The normalized spacial score (nSPS) is 19.5. The Morgan fingerprint density at radius 3 is 2.09 bits per heavy atom. The fraction of sp³-hybridized carbons (Fsp3) is 0.351. The number of nitrogens with zero attached hydrogens (tertiary/aromatic N) is 2. The van der Waals surface area contributed by atoms with Gasteiger partial charge in [-0.15, -0.1) is 24.8 Å². The maximum absolute atomic E-state index is 7.00. The van der Waals surface area contributed by atoms with Gasteiger partial charge in [-0.2, -0.15) is 0 Å². The zero-order valence-corrected chi connectivity index (χ0v) is 28.7. The van der Waals surface area contributed by atoms with E-state index in [0.29, 0.717) is 28.7 Å². The molecule has 0 N–H and O–H groups in total. The number of rotatable bonds is 2. The Morgan fingerprint density at radius 2 is 1.32 bits per heavy atom. The molecule has 0 radical (unpaired) electrons. The lowest BCUT2D eigenvalue weighted by atomic mass is 9.87. The highest BCUT2D eigenvalue weighted by atomic mass is 35.5. The maximum atomic E-state index is 7.00. The molecule has 5 aliphatic rings. The van der Waals surface area contributed by atoms with Gasteiger partial charge >= 0.3 is 0 Å². The molecule has 0 aromatic heterocycles. The van der Waals surface area contributed by atoms with Gasteiger partial charge in [0.2, 0.25) is 12.5 Å². The molecule has 0 saturated carbocycles. The third-order valence-corrected chi connectivity index (χ3v) is 9.84. The van der Waals surface area contributed by atoms with Crippen molar-refractivity contribution in [2.45, 2.75) is 37.8 Å². The predicted molar refractivity (Wildman–Crippen MR) is 185 cm³/mol. The van der Waals surface area contributed by atoms with Gasteiger partial charge in [0.25, 0.3) is 0 Å². The first-order chi connectivity index (χ1) is 22.0. The molecule has 8 nitrogen and oxygen atoms in total. The van der Waals surface area contributed by atoms with Crippen LogP contribution in [-0.4, -0.2) is 58.0 Å². The minimum absolute atomic E-state index is 0. The second-order valence-electron chi connectivity index (χ2n) is 12.4. The van der Waals surface area contributed by atoms with Crippen LogP contribution in [0.2, 0.25) is 0 Å². The molecular formula is C37H40Cl2N2O6. The predicted octanol–water partition coefficient (Wildman–Crippen LogP) is 7.72. The van der Waals surface area contributed by atoms with E-state index in [1.807, 2.05) is 18.2 Å². The van der Waals surface area contributed by atoms with Gasteiger partial charge in [-0.1, -0.05) is 18.2 Å². The van der Waals surface area contributed by atoms with Crippen molar-refractivity contribution in [1.29, 1.82) is 0 Å². The van der Waals surface area contributed by atoms with Crippen molar-refractivity contribution in [2.24, 2.45) is 0 Å². The lowest BCUT2D eigenvalue weighted by Gasteiger charge is -2.37. The molecular weight excluding hydrogens is 639 g/mol. The van der Waals surface area contributed by atoms with Crippen LogP contribution in [0.3, 0.4) is 0 Å². The SMILES string of the molecule is COc1ccc2cc1Oc1ccc(cc1)C[C@H]1c3c(cc4c(c3Oc3cc5c(cc3OC)CCN(C)[C@@H]5C2)OCO4)CCN1C.Cl.Cl. The van der Waals surface area contributed by atoms with Crippen LogP contribution < -0.4 is 28.4 Å². The summed E-state index contributed by atoms with van der Waals surface area (Å²) in [5.41, 5.74) is 7.25. The maximum Gasteiger partial charge on any atom is 0.231 e. The highest BCUT2D eigenvalue weighted by Crippen LogP contribution is 2.53. The minimum atomic E-state index is 0. The van der Waals surface area contributed by atoms with Crippen LogP contribution in [0.4, 0.5) is 0 Å². The van der Waals surface area contributed by atoms with E-state index in [-0.39, 0.29) is 43.7 Å². The third-order valence-electron chi connectivity index (χ3n) is 9.84. The second-order valence-corrected chi connectivity index (χ2v) is 12.4. The Hall–Kier alpha value is -3.82. The highest BCUT2D eigenvalue weighted by Gasteiger charge is 2.36. The summed E-state index contributed by atoms with van der Waals surface area (Å²) in [6.45, 7) is 2.06. The zero-order valence-electron chi connectivity index (χ0n) is 27.0. The molecule has 0 spiro atoms. The Morgan fingerprint density at radius 1 is 0.638 bits per heavy atom. The smallest absolute Gasteiger partial charge is 0.231 e. The van der Waals surface area contributed by atoms with E-state index in [0.717, 1.165) is 67.1 Å². The molecule has 0 fully saturated rings. The number of hydrogen-bond donors (Lipinski definition) is 0. The van der Waals surface area contributed by atoms with Crippen LogP contribution in [0, 0.1) is 0 Å². The molecule has 0 aliphatic carbocycles. The molecule has 10 heteroatoms. The van der Waals surface area contributed by atoms with Crippen LogP contribution >= 0.6 is 24.8 Å². The van der Waals surface area contributed by atoms with Gasteiger partial charge < -0.3 is 28.4 Å².